The van der Waals surface area contributed by atoms with Gasteiger partial charge in [0, 0.05) is 12.5 Å². The number of amides is 1. The van der Waals surface area contributed by atoms with Crippen LogP contribution in [-0.4, -0.2) is 32.2 Å². The number of hydrogen-bond donors (Lipinski definition) is 1. The van der Waals surface area contributed by atoms with Crippen LogP contribution in [0.1, 0.15) is 67.7 Å². The Labute approximate surface area is 249 Å². The molecule has 1 N–H and O–H groups in total. The maximum absolute atomic E-state index is 13.2. The molecule has 0 aromatic heterocycles. The van der Waals surface area contributed by atoms with Gasteiger partial charge >= 0.3 is 0 Å². The Morgan fingerprint density at radius 3 is 1.90 bits per heavy atom. The van der Waals surface area contributed by atoms with Gasteiger partial charge in [0.2, 0.25) is 5.91 Å². The molecule has 0 unspecified atom stereocenters. The normalized spacial score (nSPS) is 14.3. The lowest BCUT2D eigenvalue weighted by molar-refractivity contribution is -0.127. The van der Waals surface area contributed by atoms with Crippen molar-refractivity contribution in [3.05, 3.63) is 97.1 Å². The van der Waals surface area contributed by atoms with Crippen LogP contribution in [0.25, 0.3) is 0 Å². The summed E-state index contributed by atoms with van der Waals surface area (Å²) in [5.41, 5.74) is -0.439. The second kappa shape index (κ2) is 15.5. The van der Waals surface area contributed by atoms with Crippen LogP contribution >= 0.6 is 0 Å². The molecule has 2 aromatic rings. The Morgan fingerprint density at radius 2 is 1.44 bits per heavy atom. The summed E-state index contributed by atoms with van der Waals surface area (Å²) in [4.78, 5) is 25.4. The Balaban J connectivity index is 2.34. The Morgan fingerprint density at radius 1 is 0.902 bits per heavy atom. The Hall–Kier alpha value is -3.46. The number of nitrogens with one attached hydrogen (secondary N) is 1. The molecule has 2 aromatic carbocycles. The zero-order valence-electron chi connectivity index (χ0n) is 25.8. The van der Waals surface area contributed by atoms with Crippen LogP contribution in [0.15, 0.2) is 97.1 Å². The van der Waals surface area contributed by atoms with Crippen molar-refractivity contribution in [2.75, 3.05) is 0 Å². The van der Waals surface area contributed by atoms with E-state index in [0.717, 1.165) is 6.42 Å². The molecule has 0 aliphatic carbocycles. The highest BCUT2D eigenvalue weighted by Crippen LogP contribution is 2.38. The molecular formula is C36H47NO3Si. The summed E-state index contributed by atoms with van der Waals surface area (Å²) in [6.45, 7) is 14.7. The number of Topliss-reactive ketones (excluding diaryl/α,β-unsaturated/α-hetero) is 1. The minimum Gasteiger partial charge on any atom is -0.404 e. The first-order valence-corrected chi connectivity index (χ1v) is 16.3. The van der Waals surface area contributed by atoms with Crippen LogP contribution in [0.3, 0.4) is 0 Å². The van der Waals surface area contributed by atoms with E-state index < -0.39 is 19.8 Å². The van der Waals surface area contributed by atoms with Crippen molar-refractivity contribution in [3.8, 4) is 12.3 Å². The zero-order chi connectivity index (χ0) is 30.5. The second-order valence-electron chi connectivity index (χ2n) is 12.4. The van der Waals surface area contributed by atoms with E-state index in [4.69, 9.17) is 10.8 Å². The molecule has 0 saturated carbocycles. The van der Waals surface area contributed by atoms with Crippen LogP contribution < -0.4 is 15.7 Å². The molecule has 5 heteroatoms. The SMILES string of the molecule is C#C/C=C/C(=O)N[C@H](C(=O)C/C=C\C[C@H](C/C=C\C)O[Si](c1ccccc1)(c1ccccc1)C(C)(C)C)C(C)(C)C. The lowest BCUT2D eigenvalue weighted by atomic mass is 9.83. The second-order valence-corrected chi connectivity index (χ2v) is 16.6. The van der Waals surface area contributed by atoms with E-state index in [1.54, 1.807) is 0 Å². The van der Waals surface area contributed by atoms with Gasteiger partial charge in [0.15, 0.2) is 5.78 Å². The quantitative estimate of drug-likeness (QED) is 0.129. The smallest absolute Gasteiger partial charge is 0.261 e. The maximum Gasteiger partial charge on any atom is 0.261 e. The standard InChI is InChI=1S/C36H47NO3Si/c1-9-11-21-29(22-19-20-27-32(38)34(35(3,4)5)37-33(39)28-12-10-2)40-41(36(6,7)8,30-23-15-13-16-24-30)31-25-17-14-18-26-31/h2,9,11-20,23-26,28-29,34H,21-22,27H2,1,3-8H3,(H,37,39)/b11-9-,20-19-,28-12+/t29-,34+/m0/s1. The molecule has 0 saturated heterocycles. The molecule has 0 bridgehead atoms. The predicted octanol–water partition coefficient (Wildman–Crippen LogP) is 6.52. The van der Waals surface area contributed by atoms with Gasteiger partial charge in [-0.2, -0.15) is 0 Å². The lowest BCUT2D eigenvalue weighted by Crippen LogP contribution is -2.67. The number of rotatable bonds is 13. The molecule has 1 amide bonds. The lowest BCUT2D eigenvalue weighted by Gasteiger charge is -2.45. The number of hydrogen-bond acceptors (Lipinski definition) is 3. The fraction of sp³-hybridized carbons (Fsp3) is 0.389. The molecule has 0 fully saturated rings. The van der Waals surface area contributed by atoms with Crippen molar-refractivity contribution in [1.82, 2.24) is 5.32 Å². The summed E-state index contributed by atoms with van der Waals surface area (Å²) in [5, 5.41) is 5.17. The first-order chi connectivity index (χ1) is 19.4. The number of benzene rings is 2. The van der Waals surface area contributed by atoms with Crippen molar-refractivity contribution in [2.24, 2.45) is 5.41 Å². The minimum atomic E-state index is -2.72. The van der Waals surface area contributed by atoms with E-state index in [2.05, 4.69) is 92.7 Å². The van der Waals surface area contributed by atoms with Crippen molar-refractivity contribution >= 4 is 30.4 Å². The largest absolute Gasteiger partial charge is 0.404 e. The van der Waals surface area contributed by atoms with Crippen LogP contribution in [0.4, 0.5) is 0 Å². The Kier molecular flexibility index (Phi) is 12.8. The molecule has 41 heavy (non-hydrogen) atoms. The summed E-state index contributed by atoms with van der Waals surface area (Å²) >= 11 is 0. The average molecular weight is 570 g/mol. The molecule has 0 heterocycles. The van der Waals surface area contributed by atoms with Gasteiger partial charge in [0.1, 0.15) is 0 Å². The van der Waals surface area contributed by atoms with Gasteiger partial charge in [0.25, 0.3) is 8.32 Å². The highest BCUT2D eigenvalue weighted by molar-refractivity contribution is 6.99. The molecular weight excluding hydrogens is 522 g/mol. The molecule has 2 atom stereocenters. The summed E-state index contributed by atoms with van der Waals surface area (Å²) in [6.07, 6.45) is 17.5. The van der Waals surface area contributed by atoms with Gasteiger partial charge in [-0.15, -0.1) is 6.42 Å². The van der Waals surface area contributed by atoms with Gasteiger partial charge < -0.3 is 9.74 Å². The summed E-state index contributed by atoms with van der Waals surface area (Å²) in [5.74, 6) is 1.88. The summed E-state index contributed by atoms with van der Waals surface area (Å²) in [7, 11) is -2.72. The topological polar surface area (TPSA) is 55.4 Å². The van der Waals surface area contributed by atoms with Crippen molar-refractivity contribution in [2.45, 2.75) is 84.9 Å². The van der Waals surface area contributed by atoms with Crippen LogP contribution in [0.5, 0.6) is 0 Å². The monoisotopic (exact) mass is 569 g/mol. The first-order valence-electron chi connectivity index (χ1n) is 14.4. The minimum absolute atomic E-state index is 0.0471. The number of terminal acetylenes is 1. The number of carbonyl (C=O) groups excluding carboxylic acids is 2. The van der Waals surface area contributed by atoms with E-state index in [1.165, 1.54) is 22.5 Å². The van der Waals surface area contributed by atoms with Gasteiger partial charge in [0.05, 0.1) is 12.1 Å². The third-order valence-corrected chi connectivity index (χ3v) is 12.2. The molecule has 2 rings (SSSR count). The van der Waals surface area contributed by atoms with E-state index in [1.807, 2.05) is 52.0 Å². The molecule has 218 valence electrons. The van der Waals surface area contributed by atoms with Crippen molar-refractivity contribution < 1.29 is 14.0 Å². The fourth-order valence-electron chi connectivity index (χ4n) is 5.08. The average Bonchev–Trinajstić information content (AvgIpc) is 2.93. The van der Waals surface area contributed by atoms with E-state index >= 15 is 0 Å². The van der Waals surface area contributed by atoms with E-state index in [-0.39, 0.29) is 29.3 Å². The molecule has 0 radical (unpaired) electrons. The van der Waals surface area contributed by atoms with Crippen LogP contribution in [-0.2, 0) is 14.0 Å². The first kappa shape index (κ1) is 33.7. The van der Waals surface area contributed by atoms with E-state index in [9.17, 15) is 9.59 Å². The molecule has 4 nitrogen and oxygen atoms in total. The van der Waals surface area contributed by atoms with Crippen LogP contribution in [0, 0.1) is 17.8 Å². The Bertz CT molecular complexity index is 1200. The highest BCUT2D eigenvalue weighted by atomic mass is 28.4. The van der Waals surface area contributed by atoms with Crippen molar-refractivity contribution in [3.63, 3.8) is 0 Å². The highest BCUT2D eigenvalue weighted by Gasteiger charge is 2.51. The van der Waals surface area contributed by atoms with Gasteiger partial charge in [-0.25, -0.2) is 0 Å². The van der Waals surface area contributed by atoms with Crippen LogP contribution in [0.2, 0.25) is 5.04 Å². The molecule has 0 spiro atoms. The third-order valence-electron chi connectivity index (χ3n) is 7.09. The zero-order valence-corrected chi connectivity index (χ0v) is 26.8. The maximum atomic E-state index is 13.2. The number of carbonyl (C=O) groups is 2. The summed E-state index contributed by atoms with van der Waals surface area (Å²) in [6, 6.07) is 20.6. The predicted molar refractivity (Wildman–Crippen MR) is 175 cm³/mol. The van der Waals surface area contributed by atoms with Crippen molar-refractivity contribution in [1.29, 1.82) is 0 Å². The summed E-state index contributed by atoms with van der Waals surface area (Å²) < 4.78 is 7.35. The fourth-order valence-corrected chi connectivity index (χ4v) is 9.79. The molecule has 0 aliphatic rings. The van der Waals surface area contributed by atoms with Gasteiger partial charge in [-0.1, -0.05) is 132 Å². The van der Waals surface area contributed by atoms with Gasteiger partial charge in [-0.05, 0) is 46.7 Å². The number of allylic oxidation sites excluding steroid dienone is 3. The molecule has 0 aliphatic heterocycles. The van der Waals surface area contributed by atoms with Gasteiger partial charge in [-0.3, -0.25) is 9.59 Å². The third kappa shape index (κ3) is 9.55. The number of ketones is 1. The van der Waals surface area contributed by atoms with E-state index in [0.29, 0.717) is 6.42 Å².